The van der Waals surface area contributed by atoms with Gasteiger partial charge < -0.3 is 5.21 Å². The third-order valence-corrected chi connectivity index (χ3v) is 0.0765. The van der Waals surface area contributed by atoms with Crippen molar-refractivity contribution in [2.24, 2.45) is 15.8 Å². The number of rotatable bonds is 1. The molecule has 28 valence electrons. The first-order chi connectivity index (χ1) is 2.41. The third kappa shape index (κ3) is 3.00. The maximum Gasteiger partial charge on any atom is 0.103 e. The molecule has 0 aromatic carbocycles. The van der Waals surface area contributed by atoms with Gasteiger partial charge in [-0.05, 0) is 0 Å². The molecule has 5 heteroatoms. The molecule has 0 bridgehead atoms. The van der Waals surface area contributed by atoms with Crippen LogP contribution in [0.4, 0.5) is 0 Å². The van der Waals surface area contributed by atoms with E-state index >= 15 is 0 Å². The fourth-order valence-corrected chi connectivity index (χ4v) is 0.0163. The summed E-state index contributed by atoms with van der Waals surface area (Å²) in [7, 11) is 0. The zero-order chi connectivity index (χ0) is 4.12. The monoisotopic (exact) mass is 75.0 g/mol. The quantitative estimate of drug-likeness (QED) is 0.280. The molecular weight excluding hydrogens is 74.0 g/mol. The first-order valence-corrected chi connectivity index (χ1v) is 0.783. The summed E-state index contributed by atoms with van der Waals surface area (Å²) in [4.78, 5) is 8.73. The van der Waals surface area contributed by atoms with Crippen molar-refractivity contribution in [3.63, 3.8) is 0 Å². The second-order valence-electron chi connectivity index (χ2n) is 0.261. The molecule has 0 aromatic rings. The van der Waals surface area contributed by atoms with Crippen LogP contribution < -0.4 is 0 Å². The smallest absolute Gasteiger partial charge is 0.103 e. The third-order valence-electron chi connectivity index (χ3n) is 0.0765. The Morgan fingerprint density at radius 2 is 2.20 bits per heavy atom. The van der Waals surface area contributed by atoms with E-state index in [1.807, 2.05) is 10.6 Å². The van der Waals surface area contributed by atoms with Crippen LogP contribution in [0.1, 0.15) is 0 Å². The minimum absolute atomic E-state index is 1.81. The maximum atomic E-state index is 8.73. The maximum absolute atomic E-state index is 8.73. The zero-order valence-corrected chi connectivity index (χ0v) is 2.20. The van der Waals surface area contributed by atoms with Gasteiger partial charge in [-0.2, -0.15) is 0 Å². The van der Waals surface area contributed by atoms with Crippen molar-refractivity contribution in [2.45, 2.75) is 0 Å². The predicted octanol–water partition coefficient (Wildman–Crippen LogP) is 0.509. The van der Waals surface area contributed by atoms with Crippen molar-refractivity contribution < 1.29 is 5.21 Å². The van der Waals surface area contributed by atoms with E-state index < -0.39 is 0 Å². The summed E-state index contributed by atoms with van der Waals surface area (Å²) in [6.07, 6.45) is 0. The Labute approximate surface area is 27.2 Å². The van der Waals surface area contributed by atoms with Gasteiger partial charge in [0.25, 0.3) is 0 Å². The SMILES string of the molecule is O=NN=NO. The van der Waals surface area contributed by atoms with Gasteiger partial charge in [0.05, 0.1) is 0 Å². The average molecular weight is 75.0 g/mol. The van der Waals surface area contributed by atoms with E-state index in [2.05, 4.69) is 5.22 Å². The molecule has 0 amide bonds. The van der Waals surface area contributed by atoms with Crippen molar-refractivity contribution in [1.29, 1.82) is 0 Å². The molecule has 5 heavy (non-hydrogen) atoms. The van der Waals surface area contributed by atoms with Crippen LogP contribution >= 0.6 is 0 Å². The predicted molar refractivity (Wildman–Crippen MR) is 12.4 cm³/mol. The van der Waals surface area contributed by atoms with Crippen LogP contribution in [0.25, 0.3) is 0 Å². The van der Waals surface area contributed by atoms with Crippen LogP contribution in [0.5, 0.6) is 0 Å². The summed E-state index contributed by atoms with van der Waals surface area (Å²) >= 11 is 0. The van der Waals surface area contributed by atoms with Crippen LogP contribution in [0.2, 0.25) is 0 Å². The zero-order valence-electron chi connectivity index (χ0n) is 2.20. The van der Waals surface area contributed by atoms with Gasteiger partial charge in [0.1, 0.15) is 5.29 Å². The molecule has 0 spiro atoms. The highest BCUT2D eigenvalue weighted by atomic mass is 16.5. The summed E-state index contributed by atoms with van der Waals surface area (Å²) in [5.41, 5.74) is 0. The second-order valence-corrected chi connectivity index (χ2v) is 0.261. The molecule has 0 aliphatic carbocycles. The molecule has 0 saturated heterocycles. The topological polar surface area (TPSA) is 74.4 Å². The number of hydrogen-bond donors (Lipinski definition) is 1. The molecule has 0 rings (SSSR count). The molecule has 0 radical (unpaired) electrons. The van der Waals surface area contributed by atoms with Crippen LogP contribution in [0.15, 0.2) is 15.8 Å². The minimum atomic E-state index is 1.81. The van der Waals surface area contributed by atoms with Gasteiger partial charge in [0.15, 0.2) is 0 Å². The molecule has 0 atom stereocenters. The van der Waals surface area contributed by atoms with Crippen LogP contribution in [-0.4, -0.2) is 5.21 Å². The van der Waals surface area contributed by atoms with E-state index in [0.29, 0.717) is 0 Å². The fourth-order valence-electron chi connectivity index (χ4n) is 0.0163. The first-order valence-electron chi connectivity index (χ1n) is 0.783. The highest BCUT2D eigenvalue weighted by Gasteiger charge is 1.50. The number of nitrogens with zero attached hydrogens (tertiary/aromatic N) is 3. The fraction of sp³-hybridized carbons (Fsp3) is 0. The van der Waals surface area contributed by atoms with Gasteiger partial charge in [0.2, 0.25) is 0 Å². The highest BCUT2D eigenvalue weighted by molar-refractivity contribution is 4.02. The molecule has 0 unspecified atom stereocenters. The van der Waals surface area contributed by atoms with Gasteiger partial charge in [-0.3, -0.25) is 0 Å². The van der Waals surface area contributed by atoms with Gasteiger partial charge in [-0.25, -0.2) is 0 Å². The molecule has 0 aliphatic rings. The molecule has 0 saturated carbocycles. The Morgan fingerprint density at radius 3 is 2.20 bits per heavy atom. The van der Waals surface area contributed by atoms with Crippen molar-refractivity contribution in [3.05, 3.63) is 4.91 Å². The van der Waals surface area contributed by atoms with E-state index in [1.165, 1.54) is 0 Å². The lowest BCUT2D eigenvalue weighted by molar-refractivity contribution is 0.281. The van der Waals surface area contributed by atoms with Crippen molar-refractivity contribution in [2.75, 3.05) is 0 Å². The Bertz CT molecular complexity index is 46.9. The average Bonchev–Trinajstić information content (AvgIpc) is 1.41. The van der Waals surface area contributed by atoms with Crippen molar-refractivity contribution in [1.82, 2.24) is 0 Å². The normalized spacial score (nSPS) is 8.80. The van der Waals surface area contributed by atoms with Crippen LogP contribution in [-0.2, 0) is 0 Å². The van der Waals surface area contributed by atoms with E-state index in [-0.39, 0.29) is 0 Å². The van der Waals surface area contributed by atoms with E-state index in [1.54, 1.807) is 0 Å². The molecule has 5 nitrogen and oxygen atoms in total. The van der Waals surface area contributed by atoms with Crippen LogP contribution in [0.3, 0.4) is 0 Å². The van der Waals surface area contributed by atoms with Crippen molar-refractivity contribution >= 4 is 0 Å². The Morgan fingerprint density at radius 1 is 1.60 bits per heavy atom. The van der Waals surface area contributed by atoms with E-state index in [4.69, 9.17) is 10.1 Å². The van der Waals surface area contributed by atoms with Gasteiger partial charge in [-0.1, -0.05) is 0 Å². The summed E-state index contributed by atoms with van der Waals surface area (Å²) in [6, 6.07) is 0. The molecule has 0 fully saturated rings. The Kier molecular flexibility index (Phi) is 2.40. The van der Waals surface area contributed by atoms with E-state index in [0.717, 1.165) is 0 Å². The summed E-state index contributed by atoms with van der Waals surface area (Å²) < 4.78 is 0. The second kappa shape index (κ2) is 3.00. The molecule has 0 aromatic heterocycles. The summed E-state index contributed by atoms with van der Waals surface area (Å²) in [5, 5.41) is 13.3. The molecule has 0 aliphatic heterocycles. The standard InChI is InChI=1S/HN3O2/c4-2-1-3-5/h(H,1,4,5). The highest BCUT2D eigenvalue weighted by Crippen LogP contribution is 1.62. The van der Waals surface area contributed by atoms with Gasteiger partial charge in [0, 0.05) is 10.5 Å². The molecule has 1 N–H and O–H groups in total. The lowest BCUT2D eigenvalue weighted by Gasteiger charge is -1.51. The molecular formula is HN3O2. The van der Waals surface area contributed by atoms with Crippen LogP contribution in [0, 0.1) is 4.91 Å². The first kappa shape index (κ1) is 4.00. The Hall–Kier alpha value is -1.00. The molecule has 0 heterocycles. The van der Waals surface area contributed by atoms with Gasteiger partial charge in [-0.15, -0.1) is 4.91 Å². The number of hydrogen-bond acceptors (Lipinski definition) is 2. The largest absolute Gasteiger partial charge is 0.393 e. The summed E-state index contributed by atoms with van der Waals surface area (Å²) in [6.45, 7) is 0. The lowest BCUT2D eigenvalue weighted by Crippen LogP contribution is -1.39. The minimum Gasteiger partial charge on any atom is -0.393 e. The van der Waals surface area contributed by atoms with E-state index in [9.17, 15) is 0 Å². The Balaban J connectivity index is 2.92. The van der Waals surface area contributed by atoms with Gasteiger partial charge >= 0.3 is 0 Å². The lowest BCUT2D eigenvalue weighted by atomic mass is 12.7. The number of nitroso groups, excluding NO2 is 1. The summed E-state index contributed by atoms with van der Waals surface area (Å²) in [5.74, 6) is 0. The van der Waals surface area contributed by atoms with Crippen molar-refractivity contribution in [3.8, 4) is 0 Å².